The minimum Gasteiger partial charge on any atom is -0.497 e. The Morgan fingerprint density at radius 3 is 2.48 bits per heavy atom. The van der Waals surface area contributed by atoms with Gasteiger partial charge in [0.15, 0.2) is 0 Å². The fraction of sp³-hybridized carbons (Fsp3) is 0.320. The number of ether oxygens (including phenoxy) is 2. The van der Waals surface area contributed by atoms with Crippen molar-refractivity contribution in [2.45, 2.75) is 19.9 Å². The van der Waals surface area contributed by atoms with E-state index in [0.29, 0.717) is 35.5 Å². The molecule has 0 bridgehead atoms. The fourth-order valence-electron chi connectivity index (χ4n) is 3.56. The number of hydrogen-bond acceptors (Lipinski definition) is 7. The van der Waals surface area contributed by atoms with E-state index in [-0.39, 0.29) is 17.5 Å². The third-order valence-electron chi connectivity index (χ3n) is 5.14. The van der Waals surface area contributed by atoms with Gasteiger partial charge in [-0.3, -0.25) is 9.67 Å². The molecule has 2 aromatic heterocycles. The summed E-state index contributed by atoms with van der Waals surface area (Å²) in [5, 5.41) is 7.57. The number of rotatable bonds is 9. The first kappa shape index (κ1) is 16.0. The minimum absolute atomic E-state index is 0.0481. The van der Waals surface area contributed by atoms with Crippen molar-refractivity contribution < 1.29 is 17.7 Å². The quantitative estimate of drug-likeness (QED) is 0.408. The van der Waals surface area contributed by atoms with Crippen molar-refractivity contribution in [3.63, 3.8) is 0 Å². The molecule has 0 spiro atoms. The maximum absolute atomic E-state index is 7.52. The maximum atomic E-state index is 7.52. The number of hydrogen-bond donors (Lipinski definition) is 1. The van der Waals surface area contributed by atoms with Crippen molar-refractivity contribution >= 4 is 22.4 Å². The molecular formula is C25H30N6O2. The van der Waals surface area contributed by atoms with E-state index in [9.17, 15) is 0 Å². The average molecular weight is 453 g/mol. The van der Waals surface area contributed by atoms with Crippen LogP contribution in [-0.4, -0.2) is 53.0 Å². The predicted octanol–water partition coefficient (Wildman–Crippen LogP) is 4.18. The molecule has 172 valence electrons. The molecule has 8 heteroatoms. The molecule has 0 radical (unpaired) electrons. The minimum atomic E-state index is -2.73. The SMILES string of the molecule is [2H]C([2H])([2H])Oc1cc(OC([2H])([2H])[2H])cc(N(CCNC(C)C)c2ccc3ncc(-c4cnn(C)c4)nc3c2)c1. The Bertz CT molecular complexity index is 1400. The van der Waals surface area contributed by atoms with E-state index in [0.717, 1.165) is 11.3 Å². The normalized spacial score (nSPS) is 14.7. The van der Waals surface area contributed by atoms with Gasteiger partial charge in [-0.15, -0.1) is 0 Å². The Kier molecular flexibility index (Phi) is 4.80. The molecule has 0 aliphatic heterocycles. The third-order valence-corrected chi connectivity index (χ3v) is 5.14. The Morgan fingerprint density at radius 1 is 1.03 bits per heavy atom. The number of benzene rings is 2. The Balaban J connectivity index is 1.80. The second-order valence-corrected chi connectivity index (χ2v) is 7.96. The highest BCUT2D eigenvalue weighted by atomic mass is 16.5. The van der Waals surface area contributed by atoms with Crippen molar-refractivity contribution in [3.8, 4) is 22.8 Å². The van der Waals surface area contributed by atoms with Gasteiger partial charge in [0.25, 0.3) is 0 Å². The van der Waals surface area contributed by atoms with E-state index in [2.05, 4.69) is 15.4 Å². The highest BCUT2D eigenvalue weighted by Crippen LogP contribution is 2.34. The van der Waals surface area contributed by atoms with Crippen LogP contribution < -0.4 is 19.7 Å². The van der Waals surface area contributed by atoms with Gasteiger partial charge in [0, 0.05) is 67.5 Å². The van der Waals surface area contributed by atoms with Gasteiger partial charge in [-0.1, -0.05) is 13.8 Å². The summed E-state index contributed by atoms with van der Waals surface area (Å²) < 4.78 is 57.0. The Hall–Kier alpha value is -3.65. The van der Waals surface area contributed by atoms with E-state index >= 15 is 0 Å². The molecule has 0 aliphatic carbocycles. The molecule has 4 rings (SSSR count). The standard InChI is InChI=1S/C25H30N6O2/c1-17(2)26-8-9-31(20-10-21(32-4)13-22(11-20)33-5)19-6-7-23-24(12-19)29-25(15-27-23)18-14-28-30(3)16-18/h6-7,10-17,26H,8-9H2,1-5H3/i4D3,5D3. The van der Waals surface area contributed by atoms with Crippen LogP contribution in [0.3, 0.4) is 0 Å². The first-order chi connectivity index (χ1) is 18.3. The van der Waals surface area contributed by atoms with E-state index in [1.54, 1.807) is 17.1 Å². The summed E-state index contributed by atoms with van der Waals surface area (Å²) in [6.07, 6.45) is 5.26. The fourth-order valence-corrected chi connectivity index (χ4v) is 3.56. The molecule has 0 atom stereocenters. The van der Waals surface area contributed by atoms with Crippen LogP contribution in [0.1, 0.15) is 22.1 Å². The molecule has 0 saturated heterocycles. The van der Waals surface area contributed by atoms with Gasteiger partial charge in [-0.2, -0.15) is 5.10 Å². The molecule has 4 aromatic rings. The van der Waals surface area contributed by atoms with Crippen LogP contribution in [0.25, 0.3) is 22.3 Å². The van der Waals surface area contributed by atoms with E-state index < -0.39 is 14.1 Å². The molecule has 33 heavy (non-hydrogen) atoms. The zero-order valence-corrected chi connectivity index (χ0v) is 18.7. The molecule has 0 unspecified atom stereocenters. The Labute approximate surface area is 202 Å². The second-order valence-electron chi connectivity index (χ2n) is 7.96. The zero-order chi connectivity index (χ0) is 28.4. The van der Waals surface area contributed by atoms with Crippen molar-refractivity contribution in [3.05, 3.63) is 55.0 Å². The first-order valence-corrected chi connectivity index (χ1v) is 10.6. The number of anilines is 2. The van der Waals surface area contributed by atoms with Crippen LogP contribution in [0.5, 0.6) is 11.5 Å². The smallest absolute Gasteiger partial charge is 0.124 e. The molecule has 1 N–H and O–H groups in total. The van der Waals surface area contributed by atoms with Crippen LogP contribution in [0.2, 0.25) is 0 Å². The van der Waals surface area contributed by atoms with E-state index in [1.165, 1.54) is 18.2 Å². The van der Waals surface area contributed by atoms with Crippen LogP contribution in [0, 0.1) is 0 Å². The summed E-state index contributed by atoms with van der Waals surface area (Å²) in [6.45, 7) is 5.10. The van der Waals surface area contributed by atoms with Gasteiger partial charge in [-0.05, 0) is 18.2 Å². The number of nitrogens with one attached hydrogen (secondary N) is 1. The lowest BCUT2D eigenvalue weighted by Gasteiger charge is -2.27. The Morgan fingerprint density at radius 2 is 1.82 bits per heavy atom. The van der Waals surface area contributed by atoms with Gasteiger partial charge in [0.2, 0.25) is 0 Å². The first-order valence-electron chi connectivity index (χ1n) is 13.6. The predicted molar refractivity (Wildman–Crippen MR) is 131 cm³/mol. The van der Waals surface area contributed by atoms with Crippen molar-refractivity contribution in [1.82, 2.24) is 25.1 Å². The lowest BCUT2D eigenvalue weighted by Crippen LogP contribution is -2.32. The number of aryl methyl sites for hydroxylation is 1. The van der Waals surface area contributed by atoms with Gasteiger partial charge >= 0.3 is 0 Å². The third kappa shape index (κ3) is 5.23. The summed E-state index contributed by atoms with van der Waals surface area (Å²) >= 11 is 0. The lowest BCUT2D eigenvalue weighted by atomic mass is 10.2. The van der Waals surface area contributed by atoms with Crippen molar-refractivity contribution in [2.24, 2.45) is 7.05 Å². The van der Waals surface area contributed by atoms with E-state index in [4.69, 9.17) is 22.7 Å². The molecule has 2 aromatic carbocycles. The van der Waals surface area contributed by atoms with Gasteiger partial charge in [-0.25, -0.2) is 4.98 Å². The van der Waals surface area contributed by atoms with E-state index in [1.807, 2.05) is 50.2 Å². The molecule has 0 fully saturated rings. The topological polar surface area (TPSA) is 77.3 Å². The van der Waals surface area contributed by atoms with Crippen LogP contribution in [0.15, 0.2) is 55.0 Å². The number of aromatic nitrogens is 4. The summed E-state index contributed by atoms with van der Waals surface area (Å²) in [4.78, 5) is 11.2. The largest absolute Gasteiger partial charge is 0.497 e. The van der Waals surface area contributed by atoms with Crippen LogP contribution in [-0.2, 0) is 7.05 Å². The molecule has 2 heterocycles. The highest BCUT2D eigenvalue weighted by molar-refractivity contribution is 5.82. The van der Waals surface area contributed by atoms with Crippen LogP contribution >= 0.6 is 0 Å². The molecule has 0 amide bonds. The summed E-state index contributed by atoms with van der Waals surface area (Å²) in [6, 6.07) is 10.1. The van der Waals surface area contributed by atoms with Crippen molar-refractivity contribution in [1.29, 1.82) is 0 Å². The number of fused-ring (bicyclic) bond motifs is 1. The number of nitrogens with zero attached hydrogens (tertiary/aromatic N) is 5. The highest BCUT2D eigenvalue weighted by Gasteiger charge is 2.14. The number of methoxy groups -OCH3 is 2. The molecular weight excluding hydrogens is 416 g/mol. The van der Waals surface area contributed by atoms with Gasteiger partial charge in [0.05, 0.1) is 51.4 Å². The average Bonchev–Trinajstić information content (AvgIpc) is 3.25. The maximum Gasteiger partial charge on any atom is 0.124 e. The monoisotopic (exact) mass is 452 g/mol. The zero-order valence-electron chi connectivity index (χ0n) is 24.7. The van der Waals surface area contributed by atoms with Gasteiger partial charge < -0.3 is 19.7 Å². The summed E-state index contributed by atoms with van der Waals surface area (Å²) in [7, 11) is -3.64. The van der Waals surface area contributed by atoms with Crippen molar-refractivity contribution in [2.75, 3.05) is 32.1 Å². The summed E-state index contributed by atoms with van der Waals surface area (Å²) in [5.41, 5.74) is 4.05. The lowest BCUT2D eigenvalue weighted by molar-refractivity contribution is 0.394. The summed E-state index contributed by atoms with van der Waals surface area (Å²) in [5.74, 6) is -0.0963. The van der Waals surface area contributed by atoms with Crippen LogP contribution in [0.4, 0.5) is 11.4 Å². The van der Waals surface area contributed by atoms with Gasteiger partial charge in [0.1, 0.15) is 11.5 Å². The second kappa shape index (κ2) is 9.87. The molecule has 8 nitrogen and oxygen atoms in total. The molecule has 0 saturated carbocycles. The molecule has 0 aliphatic rings.